The van der Waals surface area contributed by atoms with Gasteiger partial charge in [0.25, 0.3) is 0 Å². The molecule has 1 heterocycles. The van der Waals surface area contributed by atoms with Gasteiger partial charge in [0.15, 0.2) is 5.16 Å². The molecular formula is C7H6N2O2S. The first-order valence-corrected chi connectivity index (χ1v) is 4.00. The summed E-state index contributed by atoms with van der Waals surface area (Å²) < 4.78 is 0. The molecule has 12 heavy (non-hydrogen) atoms. The fourth-order valence-electron chi connectivity index (χ4n) is 0.499. The lowest BCUT2D eigenvalue weighted by Gasteiger charge is -1.89. The molecular weight excluding hydrogens is 176 g/mol. The molecule has 1 aromatic rings. The Morgan fingerprint density at radius 1 is 1.50 bits per heavy atom. The Kier molecular flexibility index (Phi) is 3.28. The molecule has 0 amide bonds. The van der Waals surface area contributed by atoms with Crippen molar-refractivity contribution in [3.8, 4) is 0 Å². The minimum atomic E-state index is -0.974. The average molecular weight is 182 g/mol. The number of hydrogen-bond acceptors (Lipinski definition) is 4. The van der Waals surface area contributed by atoms with Gasteiger partial charge in [0.1, 0.15) is 0 Å². The molecule has 1 aromatic heterocycles. The highest BCUT2D eigenvalue weighted by Crippen LogP contribution is 2.11. The molecule has 0 saturated carbocycles. The minimum absolute atomic E-state index is 0.537. The maximum absolute atomic E-state index is 10.0. The van der Waals surface area contributed by atoms with Gasteiger partial charge in [-0.2, -0.15) is 0 Å². The van der Waals surface area contributed by atoms with Gasteiger partial charge in [-0.15, -0.1) is 0 Å². The predicted octanol–water partition coefficient (Wildman–Crippen LogP) is 1.17. The fraction of sp³-hybridized carbons (Fsp3) is 0. The zero-order chi connectivity index (χ0) is 8.81. The number of thioether (sulfide) groups is 1. The summed E-state index contributed by atoms with van der Waals surface area (Å²) in [5, 5.41) is 10.2. The van der Waals surface area contributed by atoms with Gasteiger partial charge in [-0.25, -0.2) is 14.8 Å². The van der Waals surface area contributed by atoms with Crippen LogP contribution in [0.1, 0.15) is 0 Å². The molecule has 0 unspecified atom stereocenters. The number of nitrogens with zero attached hydrogens (tertiary/aromatic N) is 2. The van der Waals surface area contributed by atoms with Crippen molar-refractivity contribution in [3.05, 3.63) is 29.9 Å². The second-order valence-electron chi connectivity index (χ2n) is 1.79. The molecule has 1 rings (SSSR count). The van der Waals surface area contributed by atoms with E-state index in [4.69, 9.17) is 5.11 Å². The van der Waals surface area contributed by atoms with E-state index in [-0.39, 0.29) is 0 Å². The van der Waals surface area contributed by atoms with E-state index in [9.17, 15) is 4.79 Å². The van der Waals surface area contributed by atoms with Crippen molar-refractivity contribution in [2.75, 3.05) is 0 Å². The number of carbonyl (C=O) groups is 1. The van der Waals surface area contributed by atoms with Gasteiger partial charge in [-0.3, -0.25) is 0 Å². The van der Waals surface area contributed by atoms with Crippen LogP contribution in [0.2, 0.25) is 0 Å². The largest absolute Gasteiger partial charge is 0.478 e. The molecule has 5 heteroatoms. The van der Waals surface area contributed by atoms with Gasteiger partial charge < -0.3 is 5.11 Å². The zero-order valence-corrected chi connectivity index (χ0v) is 6.86. The van der Waals surface area contributed by atoms with E-state index in [1.165, 1.54) is 17.2 Å². The average Bonchev–Trinajstić information content (AvgIpc) is 2.05. The highest BCUT2D eigenvalue weighted by Gasteiger charge is 1.91. The van der Waals surface area contributed by atoms with E-state index >= 15 is 0 Å². The maximum atomic E-state index is 10.0. The Morgan fingerprint density at radius 3 is 2.75 bits per heavy atom. The van der Waals surface area contributed by atoms with Crippen LogP contribution in [0, 0.1) is 0 Å². The molecule has 0 aliphatic rings. The number of hydrogen-bond donors (Lipinski definition) is 1. The summed E-state index contributed by atoms with van der Waals surface area (Å²) in [6, 6.07) is 1.70. The number of carboxylic acids is 1. The molecule has 4 nitrogen and oxygen atoms in total. The first-order chi connectivity index (χ1) is 5.79. The number of carboxylic acid groups (broad SMARTS) is 1. The molecule has 0 aliphatic heterocycles. The molecule has 0 aliphatic carbocycles. The number of aliphatic carboxylic acids is 1. The molecule has 0 spiro atoms. The third-order valence-corrected chi connectivity index (χ3v) is 1.62. The molecule has 1 N–H and O–H groups in total. The summed E-state index contributed by atoms with van der Waals surface area (Å²) in [7, 11) is 0. The van der Waals surface area contributed by atoms with E-state index in [1.807, 2.05) is 0 Å². The van der Waals surface area contributed by atoms with Crippen LogP contribution in [0.15, 0.2) is 35.1 Å². The third-order valence-electron chi connectivity index (χ3n) is 0.926. The SMILES string of the molecule is O=C(O)C=CSc1ncccn1. The second-order valence-corrected chi connectivity index (χ2v) is 2.66. The van der Waals surface area contributed by atoms with Crippen molar-refractivity contribution < 1.29 is 9.90 Å². The molecule has 62 valence electrons. The highest BCUT2D eigenvalue weighted by molar-refractivity contribution is 8.02. The van der Waals surface area contributed by atoms with Gasteiger partial charge in [0.2, 0.25) is 0 Å². The van der Waals surface area contributed by atoms with E-state index < -0.39 is 5.97 Å². The Balaban J connectivity index is 2.49. The Bertz CT molecular complexity index is 287. The van der Waals surface area contributed by atoms with Crippen LogP contribution in [0.4, 0.5) is 0 Å². The predicted molar refractivity (Wildman–Crippen MR) is 44.7 cm³/mol. The normalized spacial score (nSPS) is 10.3. The third kappa shape index (κ3) is 3.16. The molecule has 0 fully saturated rings. The lowest BCUT2D eigenvalue weighted by Crippen LogP contribution is -1.85. The van der Waals surface area contributed by atoms with Gasteiger partial charge in [-0.05, 0) is 11.5 Å². The summed E-state index contributed by atoms with van der Waals surface area (Å²) in [5.74, 6) is -0.974. The van der Waals surface area contributed by atoms with Crippen molar-refractivity contribution in [1.29, 1.82) is 0 Å². The van der Waals surface area contributed by atoms with E-state index in [0.29, 0.717) is 5.16 Å². The van der Waals surface area contributed by atoms with Gasteiger partial charge in [-0.1, -0.05) is 11.8 Å². The Hall–Kier alpha value is -1.36. The van der Waals surface area contributed by atoms with Crippen molar-refractivity contribution in [3.63, 3.8) is 0 Å². The lowest BCUT2D eigenvalue weighted by atomic mass is 10.7. The van der Waals surface area contributed by atoms with Crippen LogP contribution in [0.25, 0.3) is 0 Å². The molecule has 0 atom stereocenters. The molecule has 0 aromatic carbocycles. The van der Waals surface area contributed by atoms with E-state index in [1.54, 1.807) is 18.5 Å². The number of aromatic nitrogens is 2. The zero-order valence-electron chi connectivity index (χ0n) is 6.04. The van der Waals surface area contributed by atoms with Crippen LogP contribution in [0.3, 0.4) is 0 Å². The molecule has 0 saturated heterocycles. The summed E-state index contributed by atoms with van der Waals surface area (Å²) in [6.07, 6.45) is 4.24. The van der Waals surface area contributed by atoms with Crippen molar-refractivity contribution in [2.24, 2.45) is 0 Å². The van der Waals surface area contributed by atoms with Crippen LogP contribution < -0.4 is 0 Å². The Morgan fingerprint density at radius 2 is 2.17 bits per heavy atom. The molecule has 0 radical (unpaired) electrons. The summed E-state index contributed by atoms with van der Waals surface area (Å²) in [5.41, 5.74) is 0. The summed E-state index contributed by atoms with van der Waals surface area (Å²) in [4.78, 5) is 17.8. The second kappa shape index (κ2) is 4.50. The van der Waals surface area contributed by atoms with Crippen LogP contribution in [0.5, 0.6) is 0 Å². The van der Waals surface area contributed by atoms with Crippen molar-refractivity contribution in [1.82, 2.24) is 9.97 Å². The standard InChI is InChI=1S/C7H6N2O2S/c10-6(11)2-5-12-7-8-3-1-4-9-7/h1-5H,(H,10,11). The Labute approximate surface area is 73.4 Å². The summed E-state index contributed by atoms with van der Waals surface area (Å²) in [6.45, 7) is 0. The maximum Gasteiger partial charge on any atom is 0.328 e. The monoisotopic (exact) mass is 182 g/mol. The van der Waals surface area contributed by atoms with Crippen LogP contribution in [-0.2, 0) is 4.79 Å². The highest BCUT2D eigenvalue weighted by atomic mass is 32.2. The topological polar surface area (TPSA) is 63.1 Å². The van der Waals surface area contributed by atoms with Crippen LogP contribution >= 0.6 is 11.8 Å². The fourth-order valence-corrected chi connectivity index (χ4v) is 1.05. The molecule has 0 bridgehead atoms. The first-order valence-electron chi connectivity index (χ1n) is 3.12. The van der Waals surface area contributed by atoms with Gasteiger partial charge in [0, 0.05) is 18.5 Å². The van der Waals surface area contributed by atoms with Crippen molar-refractivity contribution in [2.45, 2.75) is 5.16 Å². The minimum Gasteiger partial charge on any atom is -0.478 e. The van der Waals surface area contributed by atoms with E-state index in [0.717, 1.165) is 6.08 Å². The lowest BCUT2D eigenvalue weighted by molar-refractivity contribution is -0.131. The quantitative estimate of drug-likeness (QED) is 0.432. The van der Waals surface area contributed by atoms with Crippen molar-refractivity contribution >= 4 is 17.7 Å². The van der Waals surface area contributed by atoms with E-state index in [2.05, 4.69) is 9.97 Å². The first kappa shape index (κ1) is 8.73. The van der Waals surface area contributed by atoms with Crippen LogP contribution in [-0.4, -0.2) is 21.0 Å². The smallest absolute Gasteiger partial charge is 0.328 e. The summed E-state index contributed by atoms with van der Waals surface area (Å²) >= 11 is 1.17. The van der Waals surface area contributed by atoms with Gasteiger partial charge in [0.05, 0.1) is 0 Å². The van der Waals surface area contributed by atoms with Gasteiger partial charge >= 0.3 is 5.97 Å². The number of rotatable bonds is 3.